The molecular formula is C40H62O8. The van der Waals surface area contributed by atoms with Crippen molar-refractivity contribution in [2.24, 2.45) is 50.2 Å². The smallest absolute Gasteiger partial charge is 0.333 e. The van der Waals surface area contributed by atoms with Crippen molar-refractivity contribution in [2.75, 3.05) is 13.2 Å². The largest absolute Gasteiger partial charge is 0.454 e. The first kappa shape index (κ1) is 37.3. The van der Waals surface area contributed by atoms with Crippen LogP contribution >= 0.6 is 0 Å². The van der Waals surface area contributed by atoms with E-state index < -0.39 is 64.6 Å². The summed E-state index contributed by atoms with van der Waals surface area (Å²) in [7, 11) is 0. The van der Waals surface area contributed by atoms with Gasteiger partial charge in [0.15, 0.2) is 6.10 Å². The maximum Gasteiger partial charge on any atom is 0.333 e. The second kappa shape index (κ2) is 12.3. The lowest BCUT2D eigenvalue weighted by atomic mass is 9.33. The van der Waals surface area contributed by atoms with Crippen LogP contribution in [0.4, 0.5) is 0 Å². The van der Waals surface area contributed by atoms with Crippen LogP contribution in [0.5, 0.6) is 0 Å². The molecule has 0 saturated heterocycles. The number of ether oxygens (including phenoxy) is 2. The topological polar surface area (TPSA) is 134 Å². The fourth-order valence-corrected chi connectivity index (χ4v) is 11.9. The number of esters is 2. The Kier molecular flexibility index (Phi) is 9.58. The molecule has 0 aliphatic heterocycles. The monoisotopic (exact) mass is 670 g/mol. The van der Waals surface area contributed by atoms with Gasteiger partial charge in [0, 0.05) is 22.0 Å². The molecule has 0 heterocycles. The van der Waals surface area contributed by atoms with Gasteiger partial charge in [0.1, 0.15) is 6.10 Å². The summed E-state index contributed by atoms with van der Waals surface area (Å²) in [5.74, 6) is -0.954. The minimum absolute atomic E-state index is 0.0444. The van der Waals surface area contributed by atoms with Crippen LogP contribution in [0.1, 0.15) is 114 Å². The Morgan fingerprint density at radius 2 is 1.40 bits per heavy atom. The van der Waals surface area contributed by atoms with E-state index in [-0.39, 0.29) is 35.2 Å². The summed E-state index contributed by atoms with van der Waals surface area (Å²) in [5, 5.41) is 45.7. The fourth-order valence-electron chi connectivity index (χ4n) is 11.9. The third-order valence-corrected chi connectivity index (χ3v) is 15.4. The van der Waals surface area contributed by atoms with Crippen LogP contribution in [0.3, 0.4) is 0 Å². The molecule has 4 N–H and O–H groups in total. The number of fused-ring (bicyclic) bond motifs is 7. The Morgan fingerprint density at radius 1 is 0.812 bits per heavy atom. The molecule has 0 aromatic carbocycles. The highest BCUT2D eigenvalue weighted by molar-refractivity contribution is 5.88. The highest BCUT2D eigenvalue weighted by Gasteiger charge is 2.73. The molecule has 0 spiro atoms. The van der Waals surface area contributed by atoms with Crippen molar-refractivity contribution in [1.29, 1.82) is 0 Å². The highest BCUT2D eigenvalue weighted by atomic mass is 16.6. The Morgan fingerprint density at radius 3 is 1.94 bits per heavy atom. The van der Waals surface area contributed by atoms with Crippen LogP contribution in [0.25, 0.3) is 0 Å². The maximum atomic E-state index is 13.5. The minimum atomic E-state index is -1.28. The normalized spacial score (nSPS) is 47.0. The van der Waals surface area contributed by atoms with Gasteiger partial charge >= 0.3 is 11.9 Å². The zero-order valence-corrected chi connectivity index (χ0v) is 31.1. The Balaban J connectivity index is 1.65. The zero-order chi connectivity index (χ0) is 35.8. The SMILES string of the molecule is C/C=C(/C)C(=O)OC1C(OC(=O)/C(C)=C\C)[C@]2(CO)C(O)C[C@]3(C)C(=CC[C@@H]4[C@@]5(C)CCC(O)[C@@](C)(CO)[C@@H]5CC[C@]43C)[C@@H]2CC1(C)C. The molecule has 4 unspecified atom stereocenters. The van der Waals surface area contributed by atoms with E-state index in [0.29, 0.717) is 30.4 Å². The summed E-state index contributed by atoms with van der Waals surface area (Å²) in [6, 6.07) is 0. The summed E-state index contributed by atoms with van der Waals surface area (Å²) < 4.78 is 12.5. The highest BCUT2D eigenvalue weighted by Crippen LogP contribution is 2.76. The summed E-state index contributed by atoms with van der Waals surface area (Å²) >= 11 is 0. The second-order valence-corrected chi connectivity index (χ2v) is 17.8. The first-order valence-corrected chi connectivity index (χ1v) is 18.2. The van der Waals surface area contributed by atoms with Gasteiger partial charge in [-0.15, -0.1) is 0 Å². The van der Waals surface area contributed by atoms with Gasteiger partial charge in [0.05, 0.1) is 30.8 Å². The van der Waals surface area contributed by atoms with Gasteiger partial charge in [-0.25, -0.2) is 9.59 Å². The molecule has 0 aromatic heterocycles. The summed E-state index contributed by atoms with van der Waals surface area (Å²) in [5.41, 5.74) is -1.21. The predicted molar refractivity (Wildman–Crippen MR) is 184 cm³/mol. The average Bonchev–Trinajstić information content (AvgIpc) is 3.03. The average molecular weight is 671 g/mol. The molecule has 5 aliphatic rings. The van der Waals surface area contributed by atoms with Crippen molar-refractivity contribution in [3.05, 3.63) is 34.9 Å². The molecule has 270 valence electrons. The Bertz CT molecular complexity index is 1390. The van der Waals surface area contributed by atoms with E-state index >= 15 is 0 Å². The van der Waals surface area contributed by atoms with Gasteiger partial charge in [0.25, 0.3) is 0 Å². The van der Waals surface area contributed by atoms with Crippen LogP contribution in [0.15, 0.2) is 34.9 Å². The summed E-state index contributed by atoms with van der Waals surface area (Å²) in [6.07, 6.45) is 7.19. The summed E-state index contributed by atoms with van der Waals surface area (Å²) in [6.45, 7) is 19.6. The van der Waals surface area contributed by atoms with Crippen LogP contribution in [-0.4, -0.2) is 70.0 Å². The van der Waals surface area contributed by atoms with Gasteiger partial charge in [-0.3, -0.25) is 0 Å². The first-order chi connectivity index (χ1) is 22.3. The molecule has 8 heteroatoms. The molecule has 0 radical (unpaired) electrons. The van der Waals surface area contributed by atoms with Crippen LogP contribution in [0, 0.1) is 50.2 Å². The molecule has 8 nitrogen and oxygen atoms in total. The quantitative estimate of drug-likeness (QED) is 0.152. The van der Waals surface area contributed by atoms with E-state index in [0.717, 1.165) is 25.7 Å². The lowest BCUT2D eigenvalue weighted by molar-refractivity contribution is -0.266. The van der Waals surface area contributed by atoms with Crippen LogP contribution in [0.2, 0.25) is 0 Å². The number of aliphatic hydroxyl groups excluding tert-OH is 4. The molecular weight excluding hydrogens is 608 g/mol. The Hall–Kier alpha value is -2.00. The van der Waals surface area contributed by atoms with E-state index in [2.05, 4.69) is 33.8 Å². The van der Waals surface area contributed by atoms with E-state index in [4.69, 9.17) is 9.47 Å². The van der Waals surface area contributed by atoms with Gasteiger partial charge in [-0.2, -0.15) is 0 Å². The Labute approximate surface area is 288 Å². The number of hydrogen-bond donors (Lipinski definition) is 4. The van der Waals surface area contributed by atoms with Gasteiger partial charge < -0.3 is 29.9 Å². The van der Waals surface area contributed by atoms with E-state index in [1.54, 1.807) is 39.8 Å². The van der Waals surface area contributed by atoms with Crippen LogP contribution < -0.4 is 0 Å². The molecule has 5 aliphatic carbocycles. The number of allylic oxidation sites excluding steroid dienone is 4. The molecule has 12 atom stereocenters. The van der Waals surface area contributed by atoms with Crippen molar-refractivity contribution in [3.63, 3.8) is 0 Å². The third-order valence-electron chi connectivity index (χ3n) is 15.4. The molecule has 4 fully saturated rings. The fraction of sp³-hybridized carbons (Fsp3) is 0.800. The van der Waals surface area contributed by atoms with Crippen molar-refractivity contribution in [1.82, 2.24) is 0 Å². The lowest BCUT2D eigenvalue weighted by Crippen LogP contribution is -2.72. The van der Waals surface area contributed by atoms with Gasteiger partial charge in [-0.1, -0.05) is 65.3 Å². The van der Waals surface area contributed by atoms with Crippen molar-refractivity contribution in [2.45, 2.75) is 139 Å². The van der Waals surface area contributed by atoms with Crippen molar-refractivity contribution in [3.8, 4) is 0 Å². The molecule has 4 saturated carbocycles. The second-order valence-electron chi connectivity index (χ2n) is 17.8. The van der Waals surface area contributed by atoms with Crippen molar-refractivity contribution >= 4 is 11.9 Å². The maximum absolute atomic E-state index is 13.5. The number of rotatable bonds is 6. The molecule has 5 rings (SSSR count). The molecule has 0 amide bonds. The van der Waals surface area contributed by atoms with Crippen molar-refractivity contribution < 1.29 is 39.5 Å². The minimum Gasteiger partial charge on any atom is -0.454 e. The standard InChI is InChI=1S/C40H62O8/c1-11-23(3)33(45)47-31-32(48-34(46)24(4)12-2)40(22-42)26(19-35(31,5)6)25-13-14-28-36(7)17-16-29(43)37(8,21-41)27(36)15-18-38(28,9)39(25,10)20-30(40)44/h11-13,26-32,41-44H,14-22H2,1-10H3/b23-11-,24-12-/t26-,27+,28+,29?,30?,31?,32?,36-,37-,38+,39+,40-/m0/s1. The third kappa shape index (κ3) is 4.97. The number of aliphatic hydroxyl groups is 4. The first-order valence-electron chi connectivity index (χ1n) is 18.2. The molecule has 0 aromatic rings. The number of hydrogen-bond acceptors (Lipinski definition) is 8. The van der Waals surface area contributed by atoms with Gasteiger partial charge in [-0.05, 0) is 107 Å². The van der Waals surface area contributed by atoms with Crippen LogP contribution in [-0.2, 0) is 19.1 Å². The zero-order valence-electron chi connectivity index (χ0n) is 31.1. The summed E-state index contributed by atoms with van der Waals surface area (Å²) in [4.78, 5) is 26.8. The number of carbonyl (C=O) groups is 2. The predicted octanol–water partition coefficient (Wildman–Crippen LogP) is 6.06. The molecule has 0 bridgehead atoms. The van der Waals surface area contributed by atoms with Gasteiger partial charge in [0.2, 0.25) is 0 Å². The lowest BCUT2D eigenvalue weighted by Gasteiger charge is -2.72. The van der Waals surface area contributed by atoms with E-state index in [1.807, 2.05) is 13.8 Å². The van der Waals surface area contributed by atoms with E-state index in [1.165, 1.54) is 5.57 Å². The van der Waals surface area contributed by atoms with E-state index in [9.17, 15) is 30.0 Å². The molecule has 48 heavy (non-hydrogen) atoms. The number of carbonyl (C=O) groups excluding carboxylic acids is 2.